The zero-order chi connectivity index (χ0) is 12.0. The maximum Gasteiger partial charge on any atom is 0.251 e. The van der Waals surface area contributed by atoms with E-state index < -0.39 is 0 Å². The van der Waals surface area contributed by atoms with Crippen LogP contribution in [-0.2, 0) is 0 Å². The molecule has 1 rings (SSSR count). The smallest absolute Gasteiger partial charge is 0.251 e. The van der Waals surface area contributed by atoms with E-state index >= 15 is 0 Å². The van der Waals surface area contributed by atoms with E-state index in [2.05, 4.69) is 19.2 Å². The van der Waals surface area contributed by atoms with Crippen LogP contribution in [0.4, 0.5) is 0 Å². The highest BCUT2D eigenvalue weighted by molar-refractivity contribution is 5.94. The molecule has 0 saturated heterocycles. The molecule has 0 aliphatic heterocycles. The zero-order valence-corrected chi connectivity index (χ0v) is 9.66. The fraction of sp³-hybridized carbons (Fsp3) is 0.385. The van der Waals surface area contributed by atoms with Crippen molar-refractivity contribution in [1.29, 1.82) is 5.26 Å². The molecule has 0 aromatic heterocycles. The largest absolute Gasteiger partial charge is 0.352 e. The van der Waals surface area contributed by atoms with Crippen molar-refractivity contribution in [2.24, 2.45) is 5.92 Å². The summed E-state index contributed by atoms with van der Waals surface area (Å²) in [6, 6.07) is 8.66. The number of benzene rings is 1. The van der Waals surface area contributed by atoms with Gasteiger partial charge >= 0.3 is 0 Å². The first kappa shape index (κ1) is 12.3. The molecule has 0 heterocycles. The molecule has 0 fully saturated rings. The molecule has 0 spiro atoms. The predicted molar refractivity (Wildman–Crippen MR) is 62.9 cm³/mol. The predicted octanol–water partition coefficient (Wildman–Crippen LogP) is 2.33. The number of nitriles is 1. The minimum atomic E-state index is -0.0786. The van der Waals surface area contributed by atoms with Gasteiger partial charge in [0.25, 0.3) is 5.91 Å². The second-order valence-corrected chi connectivity index (χ2v) is 4.13. The summed E-state index contributed by atoms with van der Waals surface area (Å²) in [5, 5.41) is 11.5. The molecular formula is C13H16N2O. The average molecular weight is 216 g/mol. The monoisotopic (exact) mass is 216 g/mol. The molecule has 0 unspecified atom stereocenters. The lowest BCUT2D eigenvalue weighted by molar-refractivity contribution is 0.0952. The van der Waals surface area contributed by atoms with Gasteiger partial charge in [-0.1, -0.05) is 13.8 Å². The third-order valence-corrected chi connectivity index (χ3v) is 2.28. The summed E-state index contributed by atoms with van der Waals surface area (Å²) in [6.45, 7) is 4.93. The summed E-state index contributed by atoms with van der Waals surface area (Å²) < 4.78 is 0. The number of rotatable bonds is 4. The van der Waals surface area contributed by atoms with Crippen LogP contribution in [0.25, 0.3) is 0 Å². The molecule has 0 radical (unpaired) electrons. The van der Waals surface area contributed by atoms with Crippen LogP contribution in [0.15, 0.2) is 24.3 Å². The second kappa shape index (κ2) is 5.92. The first-order valence-electron chi connectivity index (χ1n) is 5.42. The first-order chi connectivity index (χ1) is 7.63. The number of hydrogen-bond acceptors (Lipinski definition) is 2. The Morgan fingerprint density at radius 2 is 2.00 bits per heavy atom. The van der Waals surface area contributed by atoms with E-state index in [0.29, 0.717) is 23.6 Å². The van der Waals surface area contributed by atoms with Gasteiger partial charge in [-0.3, -0.25) is 4.79 Å². The highest BCUT2D eigenvalue weighted by Gasteiger charge is 2.04. The van der Waals surface area contributed by atoms with Crippen molar-refractivity contribution in [3.8, 4) is 6.07 Å². The Kier molecular flexibility index (Phi) is 4.53. The standard InChI is InChI=1S/C13H16N2O/c1-10(2)7-8-15-13(16)12-5-3-11(9-14)4-6-12/h3-6,10H,7-8H2,1-2H3,(H,15,16). The molecule has 1 aromatic rings. The van der Waals surface area contributed by atoms with E-state index in [9.17, 15) is 4.79 Å². The minimum absolute atomic E-state index is 0.0786. The van der Waals surface area contributed by atoms with Gasteiger partial charge in [0.1, 0.15) is 0 Å². The average Bonchev–Trinajstić information content (AvgIpc) is 2.28. The maximum absolute atomic E-state index is 11.6. The van der Waals surface area contributed by atoms with E-state index in [4.69, 9.17) is 5.26 Å². The lowest BCUT2D eigenvalue weighted by Crippen LogP contribution is -2.25. The fourth-order valence-corrected chi connectivity index (χ4v) is 1.27. The molecule has 0 aliphatic rings. The van der Waals surface area contributed by atoms with E-state index in [1.54, 1.807) is 24.3 Å². The van der Waals surface area contributed by atoms with Gasteiger partial charge < -0.3 is 5.32 Å². The summed E-state index contributed by atoms with van der Waals surface area (Å²) in [5.74, 6) is 0.506. The Hall–Kier alpha value is -1.82. The normalized spacial score (nSPS) is 9.88. The topological polar surface area (TPSA) is 52.9 Å². The Labute approximate surface area is 96.1 Å². The van der Waals surface area contributed by atoms with Crippen LogP contribution >= 0.6 is 0 Å². The highest BCUT2D eigenvalue weighted by atomic mass is 16.1. The lowest BCUT2D eigenvalue weighted by atomic mass is 10.1. The van der Waals surface area contributed by atoms with Gasteiger partial charge in [-0.25, -0.2) is 0 Å². The van der Waals surface area contributed by atoms with Crippen molar-refractivity contribution >= 4 is 5.91 Å². The van der Waals surface area contributed by atoms with Crippen molar-refractivity contribution in [3.05, 3.63) is 35.4 Å². The molecule has 84 valence electrons. The van der Waals surface area contributed by atoms with E-state index in [0.717, 1.165) is 6.42 Å². The molecule has 0 aliphatic carbocycles. The molecule has 0 saturated carbocycles. The van der Waals surface area contributed by atoms with Gasteiger partial charge in [-0.15, -0.1) is 0 Å². The SMILES string of the molecule is CC(C)CCNC(=O)c1ccc(C#N)cc1. The molecule has 3 heteroatoms. The zero-order valence-electron chi connectivity index (χ0n) is 9.66. The molecule has 16 heavy (non-hydrogen) atoms. The summed E-state index contributed by atoms with van der Waals surface area (Å²) in [7, 11) is 0. The molecule has 3 nitrogen and oxygen atoms in total. The maximum atomic E-state index is 11.6. The van der Waals surface area contributed by atoms with Gasteiger partial charge in [0.2, 0.25) is 0 Å². The van der Waals surface area contributed by atoms with Gasteiger partial charge in [-0.05, 0) is 36.6 Å². The van der Waals surface area contributed by atoms with Crippen LogP contribution in [0.3, 0.4) is 0 Å². The summed E-state index contributed by atoms with van der Waals surface area (Å²) in [5.41, 5.74) is 1.17. The first-order valence-corrected chi connectivity index (χ1v) is 5.42. The second-order valence-electron chi connectivity index (χ2n) is 4.13. The third kappa shape index (κ3) is 3.74. The highest BCUT2D eigenvalue weighted by Crippen LogP contribution is 2.03. The number of carbonyl (C=O) groups excluding carboxylic acids is 1. The van der Waals surface area contributed by atoms with E-state index in [1.165, 1.54) is 0 Å². The molecular weight excluding hydrogens is 200 g/mol. The number of amides is 1. The number of nitrogens with zero attached hydrogens (tertiary/aromatic N) is 1. The molecule has 1 aromatic carbocycles. The molecule has 1 N–H and O–H groups in total. The van der Waals surface area contributed by atoms with Crippen LogP contribution in [0.1, 0.15) is 36.2 Å². The molecule has 0 bridgehead atoms. The molecule has 1 amide bonds. The van der Waals surface area contributed by atoms with Crippen LogP contribution in [-0.4, -0.2) is 12.5 Å². The Balaban J connectivity index is 2.50. The fourth-order valence-electron chi connectivity index (χ4n) is 1.27. The summed E-state index contributed by atoms with van der Waals surface area (Å²) >= 11 is 0. The van der Waals surface area contributed by atoms with Crippen LogP contribution in [0, 0.1) is 17.2 Å². The van der Waals surface area contributed by atoms with Crippen molar-refractivity contribution < 1.29 is 4.79 Å². The van der Waals surface area contributed by atoms with E-state index in [-0.39, 0.29) is 5.91 Å². The van der Waals surface area contributed by atoms with Gasteiger partial charge in [0.05, 0.1) is 11.6 Å². The Morgan fingerprint density at radius 1 is 1.38 bits per heavy atom. The summed E-state index contributed by atoms with van der Waals surface area (Å²) in [6.07, 6.45) is 0.974. The number of nitrogens with one attached hydrogen (secondary N) is 1. The molecule has 0 atom stereocenters. The number of hydrogen-bond donors (Lipinski definition) is 1. The van der Waals surface area contributed by atoms with Gasteiger partial charge in [0, 0.05) is 12.1 Å². The quantitative estimate of drug-likeness (QED) is 0.839. The van der Waals surface area contributed by atoms with E-state index in [1.807, 2.05) is 6.07 Å². The van der Waals surface area contributed by atoms with Gasteiger partial charge in [0.15, 0.2) is 0 Å². The third-order valence-electron chi connectivity index (χ3n) is 2.28. The summed E-state index contributed by atoms with van der Waals surface area (Å²) in [4.78, 5) is 11.6. The lowest BCUT2D eigenvalue weighted by Gasteiger charge is -2.06. The minimum Gasteiger partial charge on any atom is -0.352 e. The van der Waals surface area contributed by atoms with Gasteiger partial charge in [-0.2, -0.15) is 5.26 Å². The van der Waals surface area contributed by atoms with Crippen molar-refractivity contribution in [2.45, 2.75) is 20.3 Å². The van der Waals surface area contributed by atoms with Crippen molar-refractivity contribution in [3.63, 3.8) is 0 Å². The van der Waals surface area contributed by atoms with Crippen LogP contribution in [0.2, 0.25) is 0 Å². The van der Waals surface area contributed by atoms with Crippen molar-refractivity contribution in [2.75, 3.05) is 6.54 Å². The van der Waals surface area contributed by atoms with Crippen LogP contribution < -0.4 is 5.32 Å². The Bertz CT molecular complexity index is 387. The van der Waals surface area contributed by atoms with Crippen molar-refractivity contribution in [1.82, 2.24) is 5.32 Å². The van der Waals surface area contributed by atoms with Crippen LogP contribution in [0.5, 0.6) is 0 Å². The Morgan fingerprint density at radius 3 is 2.50 bits per heavy atom. The number of carbonyl (C=O) groups is 1.